The van der Waals surface area contributed by atoms with Crippen molar-refractivity contribution < 1.29 is 43.2 Å². The first kappa shape index (κ1) is 28.9. The van der Waals surface area contributed by atoms with Crippen LogP contribution in [0.15, 0.2) is 36.4 Å². The van der Waals surface area contributed by atoms with Crippen LogP contribution < -0.4 is 4.74 Å². The third-order valence-electron chi connectivity index (χ3n) is 10.2. The minimum absolute atomic E-state index is 0.0278. The van der Waals surface area contributed by atoms with Crippen LogP contribution in [-0.4, -0.2) is 62.7 Å². The number of hydrogen-bond donors (Lipinski definition) is 3. The number of aliphatic hydroxyl groups is 1. The van der Waals surface area contributed by atoms with Crippen molar-refractivity contribution in [2.75, 3.05) is 13.1 Å². The number of ether oxygens (including phenoxy) is 1. The minimum Gasteiger partial charge on any atom is -0.504 e. The molecule has 0 aromatic heterocycles. The Hall–Kier alpha value is -3.89. The van der Waals surface area contributed by atoms with E-state index >= 15 is 0 Å². The predicted octanol–water partition coefficient (Wildman–Crippen LogP) is 4.36. The Morgan fingerprint density at radius 3 is 2.41 bits per heavy atom. The molecule has 2 unspecified atom stereocenters. The monoisotopic (exact) mass is 605 g/mol. The first-order chi connectivity index (χ1) is 21.0. The van der Waals surface area contributed by atoms with Gasteiger partial charge in [0.1, 0.15) is 17.4 Å². The number of phenols is 1. The van der Waals surface area contributed by atoms with E-state index in [0.717, 1.165) is 24.2 Å². The van der Waals surface area contributed by atoms with Gasteiger partial charge in [0.25, 0.3) is 0 Å². The Balaban J connectivity index is 1.19. The Kier molecular flexibility index (Phi) is 6.78. The van der Waals surface area contributed by atoms with Gasteiger partial charge in [0.15, 0.2) is 11.5 Å². The summed E-state index contributed by atoms with van der Waals surface area (Å²) in [4.78, 5) is 39.4. The van der Waals surface area contributed by atoms with E-state index in [1.807, 2.05) is 0 Å². The fourth-order valence-electron chi connectivity index (χ4n) is 8.15. The number of carbonyl (C=O) groups is 3. The molecule has 0 spiro atoms. The molecule has 2 bridgehead atoms. The Labute approximate surface area is 252 Å². The van der Waals surface area contributed by atoms with Crippen LogP contribution in [0.2, 0.25) is 0 Å². The lowest BCUT2D eigenvalue weighted by atomic mass is 9.49. The Morgan fingerprint density at radius 2 is 1.73 bits per heavy atom. The molecule has 2 saturated carbocycles. The summed E-state index contributed by atoms with van der Waals surface area (Å²) in [5.74, 6) is -3.49. The number of carbonyl (C=O) groups excluding carboxylic acids is 2. The third-order valence-corrected chi connectivity index (χ3v) is 10.2. The number of piperidine rings is 1. The standard InChI is InChI=1S/C34H33F2NO7/c35-24-11-19(13-28(39)40)9-22-10-20(12-25(36)30(22)24)14-29(41)44-26-4-3-21-15-27-34(43)6-5-23(38)16-33(34,31(21)32(26)42)7-8-37(27)17-18-1-2-18/h3-4,9-12,18,27,42-43H,1-2,5-8,13-17H2,(H,39,40)/t27?,33-,34?/m1/s1. The number of benzene rings is 3. The molecule has 8 nitrogen and oxygen atoms in total. The molecule has 10 heteroatoms. The van der Waals surface area contributed by atoms with Crippen LogP contribution >= 0.6 is 0 Å². The molecular weight excluding hydrogens is 572 g/mol. The van der Waals surface area contributed by atoms with E-state index in [-0.39, 0.29) is 58.1 Å². The Bertz CT molecular complexity index is 1740. The molecule has 1 aliphatic heterocycles. The van der Waals surface area contributed by atoms with Crippen LogP contribution in [0.3, 0.4) is 0 Å². The van der Waals surface area contributed by atoms with Crippen molar-refractivity contribution in [1.82, 2.24) is 4.90 Å². The van der Waals surface area contributed by atoms with Crippen LogP contribution in [0, 0.1) is 17.6 Å². The number of hydrogen-bond acceptors (Lipinski definition) is 7. The van der Waals surface area contributed by atoms with Gasteiger partial charge in [-0.1, -0.05) is 18.2 Å². The maximum absolute atomic E-state index is 14.9. The predicted molar refractivity (Wildman–Crippen MR) is 155 cm³/mol. The normalized spacial score (nSPS) is 26.2. The van der Waals surface area contributed by atoms with Crippen LogP contribution in [0.1, 0.15) is 60.8 Å². The summed E-state index contributed by atoms with van der Waals surface area (Å²) in [6.45, 7) is 1.61. The highest BCUT2D eigenvalue weighted by molar-refractivity contribution is 5.88. The lowest BCUT2D eigenvalue weighted by molar-refractivity contribution is -0.173. The van der Waals surface area contributed by atoms with Gasteiger partial charge >= 0.3 is 11.9 Å². The zero-order valence-corrected chi connectivity index (χ0v) is 24.1. The third kappa shape index (κ3) is 4.66. The van der Waals surface area contributed by atoms with Gasteiger partial charge in [-0.05, 0) is 84.8 Å². The summed E-state index contributed by atoms with van der Waals surface area (Å²) in [5.41, 5.74) is -0.574. The fraction of sp³-hybridized carbons (Fsp3) is 0.441. The highest BCUT2D eigenvalue weighted by Crippen LogP contribution is 2.60. The van der Waals surface area contributed by atoms with Crippen molar-refractivity contribution in [1.29, 1.82) is 0 Å². The van der Waals surface area contributed by atoms with Gasteiger partial charge in [-0.15, -0.1) is 0 Å². The number of Topliss-reactive ketones (excluding diaryl/α,β-unsaturated/α-hetero) is 1. The molecule has 1 heterocycles. The number of rotatable bonds is 7. The van der Waals surface area contributed by atoms with E-state index < -0.39 is 47.4 Å². The average molecular weight is 606 g/mol. The smallest absolute Gasteiger partial charge is 0.315 e. The van der Waals surface area contributed by atoms with Crippen molar-refractivity contribution in [2.24, 2.45) is 5.92 Å². The molecule has 7 rings (SSSR count). The van der Waals surface area contributed by atoms with E-state index in [9.17, 15) is 33.4 Å². The van der Waals surface area contributed by atoms with Crippen molar-refractivity contribution >= 4 is 28.5 Å². The molecule has 44 heavy (non-hydrogen) atoms. The molecule has 3 aromatic rings. The second-order valence-electron chi connectivity index (χ2n) is 13.1. The lowest BCUT2D eigenvalue weighted by Gasteiger charge is -2.63. The SMILES string of the molecule is O=C(O)Cc1cc(F)c2c(F)cc(CC(=O)Oc3ccc4c(c3O)[C@]35CCN(CC6CC6)C(C4)C3(O)CCC(=O)C5)cc2c1. The zero-order chi connectivity index (χ0) is 31.0. The number of likely N-dealkylation sites (tertiary alicyclic amines) is 1. The van der Waals surface area contributed by atoms with Crippen LogP contribution in [0.5, 0.6) is 11.5 Å². The van der Waals surface area contributed by atoms with Crippen LogP contribution in [-0.2, 0) is 39.1 Å². The highest BCUT2D eigenvalue weighted by atomic mass is 19.1. The molecule has 1 saturated heterocycles. The van der Waals surface area contributed by atoms with Gasteiger partial charge in [-0.2, -0.15) is 0 Å². The molecular formula is C34H33F2NO7. The minimum atomic E-state index is -1.21. The van der Waals surface area contributed by atoms with Gasteiger partial charge < -0.3 is 20.1 Å². The number of esters is 1. The van der Waals surface area contributed by atoms with Gasteiger partial charge in [0.05, 0.1) is 23.8 Å². The highest BCUT2D eigenvalue weighted by Gasteiger charge is 2.65. The number of phenolic OH excluding ortho intramolecular Hbond substituents is 1. The average Bonchev–Trinajstić information content (AvgIpc) is 3.75. The first-order valence-electron chi connectivity index (χ1n) is 15.1. The lowest BCUT2D eigenvalue weighted by Crippen LogP contribution is -2.73. The van der Waals surface area contributed by atoms with Crippen LogP contribution in [0.4, 0.5) is 8.78 Å². The fourth-order valence-corrected chi connectivity index (χ4v) is 8.15. The number of aliphatic carboxylic acids is 1. The number of aromatic hydroxyl groups is 1. The number of halogens is 2. The molecule has 3 fully saturated rings. The van der Waals surface area contributed by atoms with E-state index in [1.165, 1.54) is 31.0 Å². The first-order valence-corrected chi connectivity index (χ1v) is 15.1. The summed E-state index contributed by atoms with van der Waals surface area (Å²) in [6.07, 6.45) is 3.22. The van der Waals surface area contributed by atoms with Crippen molar-refractivity contribution in [3.8, 4) is 11.5 Å². The van der Waals surface area contributed by atoms with E-state index in [2.05, 4.69) is 4.90 Å². The molecule has 230 valence electrons. The van der Waals surface area contributed by atoms with Crippen molar-refractivity contribution in [3.63, 3.8) is 0 Å². The molecule has 3 atom stereocenters. The number of carboxylic acid groups (broad SMARTS) is 1. The molecule has 4 aliphatic rings. The van der Waals surface area contributed by atoms with Gasteiger partial charge in [0.2, 0.25) is 0 Å². The van der Waals surface area contributed by atoms with Crippen LogP contribution in [0.25, 0.3) is 10.8 Å². The zero-order valence-electron chi connectivity index (χ0n) is 24.1. The largest absolute Gasteiger partial charge is 0.504 e. The Morgan fingerprint density at radius 1 is 1.02 bits per heavy atom. The number of ketones is 1. The second-order valence-corrected chi connectivity index (χ2v) is 13.1. The number of carboxylic acids is 1. The molecule has 0 radical (unpaired) electrons. The quantitative estimate of drug-likeness (QED) is 0.268. The van der Waals surface area contributed by atoms with E-state index in [1.54, 1.807) is 6.07 Å². The maximum atomic E-state index is 14.9. The second kappa shape index (κ2) is 10.3. The molecule has 0 amide bonds. The molecule has 3 N–H and O–H groups in total. The molecule has 3 aliphatic carbocycles. The van der Waals surface area contributed by atoms with E-state index in [0.29, 0.717) is 37.3 Å². The van der Waals surface area contributed by atoms with Crippen molar-refractivity contribution in [2.45, 2.75) is 74.8 Å². The number of fused-ring (bicyclic) bond motifs is 2. The van der Waals surface area contributed by atoms with Gasteiger partial charge in [-0.3, -0.25) is 19.3 Å². The summed E-state index contributed by atoms with van der Waals surface area (Å²) in [5, 5.41) is 32.8. The maximum Gasteiger partial charge on any atom is 0.315 e. The van der Waals surface area contributed by atoms with Crippen molar-refractivity contribution in [3.05, 3.63) is 70.3 Å². The van der Waals surface area contributed by atoms with Gasteiger partial charge in [-0.25, -0.2) is 8.78 Å². The summed E-state index contributed by atoms with van der Waals surface area (Å²) in [6, 6.07) is 7.90. The summed E-state index contributed by atoms with van der Waals surface area (Å²) in [7, 11) is 0. The summed E-state index contributed by atoms with van der Waals surface area (Å²) >= 11 is 0. The molecule has 3 aromatic carbocycles. The number of nitrogens with zero attached hydrogens (tertiary/aromatic N) is 1. The topological polar surface area (TPSA) is 124 Å². The summed E-state index contributed by atoms with van der Waals surface area (Å²) < 4.78 is 35.0. The van der Waals surface area contributed by atoms with Gasteiger partial charge in [0, 0.05) is 36.4 Å². The van der Waals surface area contributed by atoms with E-state index in [4.69, 9.17) is 9.84 Å².